The Morgan fingerprint density at radius 2 is 2.18 bits per heavy atom. The Labute approximate surface area is 72.2 Å². The minimum Gasteiger partial charge on any atom is -0.465 e. The van der Waals surface area contributed by atoms with E-state index in [1.54, 1.807) is 0 Å². The van der Waals surface area contributed by atoms with E-state index >= 15 is 0 Å². The number of furan rings is 1. The van der Waals surface area contributed by atoms with Gasteiger partial charge in [0.25, 0.3) is 0 Å². The second-order valence-corrected chi connectivity index (χ2v) is 2.29. The minimum atomic E-state index is -0.159. The van der Waals surface area contributed by atoms with E-state index in [2.05, 4.69) is 0 Å². The molecule has 0 aliphatic heterocycles. The molecule has 0 amide bonds. The normalized spacial score (nSPS) is 12.3. The van der Waals surface area contributed by atoms with Crippen molar-refractivity contribution in [1.29, 1.82) is 0 Å². The SMILES string of the molecule is Cc1ccc([C@H](N)CN)o1.Cl. The highest BCUT2D eigenvalue weighted by Crippen LogP contribution is 2.12. The van der Waals surface area contributed by atoms with Gasteiger partial charge in [0.1, 0.15) is 11.5 Å². The molecule has 0 aliphatic carbocycles. The number of hydrogen-bond donors (Lipinski definition) is 2. The number of hydrogen-bond acceptors (Lipinski definition) is 3. The van der Waals surface area contributed by atoms with E-state index in [9.17, 15) is 0 Å². The zero-order valence-electron chi connectivity index (χ0n) is 6.41. The lowest BCUT2D eigenvalue weighted by Crippen LogP contribution is -2.19. The van der Waals surface area contributed by atoms with Crippen molar-refractivity contribution in [1.82, 2.24) is 0 Å². The van der Waals surface area contributed by atoms with Gasteiger partial charge < -0.3 is 15.9 Å². The Morgan fingerprint density at radius 3 is 2.55 bits per heavy atom. The summed E-state index contributed by atoms with van der Waals surface area (Å²) in [6, 6.07) is 3.58. The summed E-state index contributed by atoms with van der Waals surface area (Å²) < 4.78 is 5.23. The lowest BCUT2D eigenvalue weighted by Gasteiger charge is -2.02. The van der Waals surface area contributed by atoms with Crippen LogP contribution in [-0.2, 0) is 0 Å². The van der Waals surface area contributed by atoms with Crippen molar-refractivity contribution in [3.8, 4) is 0 Å². The van der Waals surface area contributed by atoms with Crippen molar-refractivity contribution in [2.75, 3.05) is 6.54 Å². The number of rotatable bonds is 2. The Hall–Kier alpha value is -0.510. The average molecular weight is 177 g/mol. The summed E-state index contributed by atoms with van der Waals surface area (Å²) in [5.74, 6) is 1.64. The molecule has 0 saturated carbocycles. The third-order valence-electron chi connectivity index (χ3n) is 1.38. The largest absolute Gasteiger partial charge is 0.465 e. The summed E-state index contributed by atoms with van der Waals surface area (Å²) in [5.41, 5.74) is 10.9. The molecule has 0 unspecified atom stereocenters. The predicted octanol–water partition coefficient (Wildman–Crippen LogP) is 0.968. The molecule has 3 nitrogen and oxygen atoms in total. The van der Waals surface area contributed by atoms with Gasteiger partial charge in [-0.05, 0) is 19.1 Å². The first kappa shape index (κ1) is 10.5. The molecule has 0 spiro atoms. The van der Waals surface area contributed by atoms with Crippen LogP contribution in [0.1, 0.15) is 17.6 Å². The van der Waals surface area contributed by atoms with Gasteiger partial charge in [-0.3, -0.25) is 0 Å². The van der Waals surface area contributed by atoms with Gasteiger partial charge in [0.05, 0.1) is 6.04 Å². The van der Waals surface area contributed by atoms with Crippen LogP contribution in [-0.4, -0.2) is 6.54 Å². The van der Waals surface area contributed by atoms with Gasteiger partial charge in [0.2, 0.25) is 0 Å². The first-order chi connectivity index (χ1) is 4.74. The smallest absolute Gasteiger partial charge is 0.122 e. The van der Waals surface area contributed by atoms with E-state index in [-0.39, 0.29) is 18.4 Å². The van der Waals surface area contributed by atoms with Gasteiger partial charge in [-0.2, -0.15) is 0 Å². The molecule has 4 heteroatoms. The first-order valence-corrected chi connectivity index (χ1v) is 3.26. The van der Waals surface area contributed by atoms with E-state index in [0.29, 0.717) is 6.54 Å². The molecule has 1 heterocycles. The number of nitrogens with two attached hydrogens (primary N) is 2. The van der Waals surface area contributed by atoms with Crippen molar-refractivity contribution in [3.63, 3.8) is 0 Å². The van der Waals surface area contributed by atoms with Crippen LogP contribution in [0.2, 0.25) is 0 Å². The van der Waals surface area contributed by atoms with E-state index in [0.717, 1.165) is 11.5 Å². The van der Waals surface area contributed by atoms with E-state index in [1.165, 1.54) is 0 Å². The van der Waals surface area contributed by atoms with Crippen LogP contribution in [0, 0.1) is 6.92 Å². The molecule has 4 N–H and O–H groups in total. The zero-order chi connectivity index (χ0) is 7.56. The lowest BCUT2D eigenvalue weighted by molar-refractivity contribution is 0.449. The summed E-state index contributed by atoms with van der Waals surface area (Å²) in [4.78, 5) is 0. The minimum absolute atomic E-state index is 0. The van der Waals surface area contributed by atoms with Crippen LogP contribution in [0.5, 0.6) is 0 Å². The topological polar surface area (TPSA) is 65.2 Å². The molecule has 0 bridgehead atoms. The quantitative estimate of drug-likeness (QED) is 0.706. The fourth-order valence-electron chi connectivity index (χ4n) is 0.769. The fourth-order valence-corrected chi connectivity index (χ4v) is 0.769. The molecule has 1 aromatic heterocycles. The van der Waals surface area contributed by atoms with Crippen molar-refractivity contribution >= 4 is 12.4 Å². The molecule has 11 heavy (non-hydrogen) atoms. The lowest BCUT2D eigenvalue weighted by atomic mass is 10.2. The Morgan fingerprint density at radius 1 is 1.55 bits per heavy atom. The molecule has 0 aliphatic rings. The Balaban J connectivity index is 0.000001000. The third-order valence-corrected chi connectivity index (χ3v) is 1.38. The average Bonchev–Trinajstić information content (AvgIpc) is 2.34. The summed E-state index contributed by atoms with van der Waals surface area (Å²) in [7, 11) is 0. The molecule has 0 saturated heterocycles. The van der Waals surface area contributed by atoms with Crippen molar-refractivity contribution in [2.24, 2.45) is 11.5 Å². The van der Waals surface area contributed by atoms with Crippen LogP contribution in [0.3, 0.4) is 0 Å². The second-order valence-electron chi connectivity index (χ2n) is 2.29. The molecule has 0 aromatic carbocycles. The van der Waals surface area contributed by atoms with Gasteiger partial charge in [0, 0.05) is 6.54 Å². The summed E-state index contributed by atoms with van der Waals surface area (Å²) in [6.07, 6.45) is 0. The van der Waals surface area contributed by atoms with Crippen molar-refractivity contribution < 1.29 is 4.42 Å². The van der Waals surface area contributed by atoms with Gasteiger partial charge in [-0.25, -0.2) is 0 Å². The van der Waals surface area contributed by atoms with Gasteiger partial charge in [-0.1, -0.05) is 0 Å². The molecule has 1 atom stereocenters. The third kappa shape index (κ3) is 2.54. The Bertz CT molecular complexity index is 212. The number of halogens is 1. The van der Waals surface area contributed by atoms with E-state index in [4.69, 9.17) is 15.9 Å². The molecule has 0 fully saturated rings. The maximum absolute atomic E-state index is 5.59. The van der Waals surface area contributed by atoms with Crippen LogP contribution in [0.15, 0.2) is 16.5 Å². The van der Waals surface area contributed by atoms with Gasteiger partial charge >= 0.3 is 0 Å². The zero-order valence-corrected chi connectivity index (χ0v) is 7.23. The standard InChI is InChI=1S/C7H12N2O.ClH/c1-5-2-3-7(10-5)6(9)4-8;/h2-3,6H,4,8-9H2,1H3;1H/t6-;/m1./s1. The maximum Gasteiger partial charge on any atom is 0.122 e. The molecular weight excluding hydrogens is 164 g/mol. The first-order valence-electron chi connectivity index (χ1n) is 3.26. The van der Waals surface area contributed by atoms with E-state index < -0.39 is 0 Å². The van der Waals surface area contributed by atoms with Crippen LogP contribution in [0.4, 0.5) is 0 Å². The predicted molar refractivity (Wildman–Crippen MR) is 46.7 cm³/mol. The highest BCUT2D eigenvalue weighted by atomic mass is 35.5. The van der Waals surface area contributed by atoms with Crippen LogP contribution < -0.4 is 11.5 Å². The highest BCUT2D eigenvalue weighted by Gasteiger charge is 2.06. The van der Waals surface area contributed by atoms with Crippen LogP contribution in [0.25, 0.3) is 0 Å². The van der Waals surface area contributed by atoms with Gasteiger partial charge in [0.15, 0.2) is 0 Å². The van der Waals surface area contributed by atoms with Crippen molar-refractivity contribution in [2.45, 2.75) is 13.0 Å². The molecule has 64 valence electrons. The molecule has 1 rings (SSSR count). The number of aryl methyl sites for hydroxylation is 1. The van der Waals surface area contributed by atoms with Crippen LogP contribution >= 0.6 is 12.4 Å². The Kier molecular flexibility index (Phi) is 4.18. The highest BCUT2D eigenvalue weighted by molar-refractivity contribution is 5.85. The molecule has 0 radical (unpaired) electrons. The van der Waals surface area contributed by atoms with Gasteiger partial charge in [-0.15, -0.1) is 12.4 Å². The summed E-state index contributed by atoms with van der Waals surface area (Å²) >= 11 is 0. The monoisotopic (exact) mass is 176 g/mol. The summed E-state index contributed by atoms with van der Waals surface area (Å²) in [5, 5.41) is 0. The second kappa shape index (κ2) is 4.38. The van der Waals surface area contributed by atoms with Crippen molar-refractivity contribution in [3.05, 3.63) is 23.7 Å². The van der Waals surface area contributed by atoms with E-state index in [1.807, 2.05) is 19.1 Å². The fraction of sp³-hybridized carbons (Fsp3) is 0.429. The maximum atomic E-state index is 5.59. The summed E-state index contributed by atoms with van der Waals surface area (Å²) in [6.45, 7) is 2.31. The molecule has 1 aromatic rings. The molecular formula is C7H13ClN2O.